The van der Waals surface area contributed by atoms with Crippen molar-refractivity contribution in [1.29, 1.82) is 0 Å². The van der Waals surface area contributed by atoms with E-state index in [4.69, 9.17) is 23.2 Å². The lowest BCUT2D eigenvalue weighted by molar-refractivity contribution is -0.384. The third kappa shape index (κ3) is 8.18. The third-order valence-corrected chi connectivity index (χ3v) is 8.47. The molecule has 0 bridgehead atoms. The van der Waals surface area contributed by atoms with Gasteiger partial charge in [-0.3, -0.25) is 24.0 Å². The average molecular weight is 622 g/mol. The number of sulfonamides is 1. The molecule has 0 unspecified atom stereocenters. The van der Waals surface area contributed by atoms with E-state index in [1.807, 2.05) is 0 Å². The smallest absolute Gasteiger partial charge is 0.271 e. The molecule has 3 aromatic carbocycles. The van der Waals surface area contributed by atoms with Gasteiger partial charge in [0, 0.05) is 24.2 Å². The quantitative estimate of drug-likeness (QED) is 0.238. The summed E-state index contributed by atoms with van der Waals surface area (Å²) in [4.78, 5) is 39.0. The number of hydrogen-bond donors (Lipinski definition) is 1. The van der Waals surface area contributed by atoms with Crippen molar-refractivity contribution in [3.05, 3.63) is 98.5 Å². The number of rotatable bonds is 10. The molecule has 0 aliphatic carbocycles. The summed E-state index contributed by atoms with van der Waals surface area (Å²) in [7, 11) is -4.36. The maximum absolute atomic E-state index is 13.9. The molecule has 218 valence electrons. The number of nitrogens with one attached hydrogen (secondary N) is 1. The first-order valence-corrected chi connectivity index (χ1v) is 14.7. The van der Waals surface area contributed by atoms with Gasteiger partial charge in [-0.1, -0.05) is 53.5 Å². The Morgan fingerprint density at radius 1 is 0.976 bits per heavy atom. The van der Waals surface area contributed by atoms with Crippen molar-refractivity contribution in [3.8, 4) is 0 Å². The zero-order valence-electron chi connectivity index (χ0n) is 22.9. The summed E-state index contributed by atoms with van der Waals surface area (Å²) >= 11 is 12.2. The second-order valence-corrected chi connectivity index (χ2v) is 13.0. The Kier molecular flexibility index (Phi) is 10.0. The first-order valence-electron chi connectivity index (χ1n) is 12.5. The van der Waals surface area contributed by atoms with Crippen LogP contribution >= 0.6 is 23.2 Å². The molecule has 3 rings (SSSR count). The number of anilines is 1. The molecule has 0 saturated heterocycles. The van der Waals surface area contributed by atoms with E-state index in [2.05, 4.69) is 5.32 Å². The summed E-state index contributed by atoms with van der Waals surface area (Å²) in [5.74, 6) is -1.18. The van der Waals surface area contributed by atoms with E-state index in [1.165, 1.54) is 54.3 Å². The molecule has 0 spiro atoms. The Hall–Kier alpha value is -3.67. The molecule has 41 heavy (non-hydrogen) atoms. The lowest BCUT2D eigenvalue weighted by Gasteiger charge is -2.33. The number of nitrogens with zero attached hydrogens (tertiary/aromatic N) is 3. The van der Waals surface area contributed by atoms with Gasteiger partial charge in [-0.25, -0.2) is 8.42 Å². The standard InChI is InChI=1S/C28H30Cl2N4O6S/c1-19(27(36)31-28(2,3)4)32(17-20-13-14-24(29)25(30)15-20)26(35)18-33(21-9-8-10-22(16-21)34(37)38)41(39,40)23-11-6-5-7-12-23/h5-16,19H,17-18H2,1-4H3,(H,31,36)/t19-/m0/s1. The van der Waals surface area contributed by atoms with Crippen LogP contribution < -0.4 is 9.62 Å². The molecule has 0 heterocycles. The monoisotopic (exact) mass is 620 g/mol. The van der Waals surface area contributed by atoms with Crippen molar-refractivity contribution in [2.45, 2.75) is 50.7 Å². The molecule has 13 heteroatoms. The van der Waals surface area contributed by atoms with Gasteiger partial charge in [0.25, 0.3) is 15.7 Å². The van der Waals surface area contributed by atoms with Gasteiger partial charge in [-0.15, -0.1) is 0 Å². The number of halogens is 2. The van der Waals surface area contributed by atoms with E-state index in [0.717, 1.165) is 10.4 Å². The number of benzene rings is 3. The fourth-order valence-electron chi connectivity index (χ4n) is 3.90. The fraction of sp³-hybridized carbons (Fsp3) is 0.286. The van der Waals surface area contributed by atoms with Crippen molar-refractivity contribution in [2.24, 2.45) is 0 Å². The highest BCUT2D eigenvalue weighted by Crippen LogP contribution is 2.28. The van der Waals surface area contributed by atoms with E-state index in [0.29, 0.717) is 10.6 Å². The number of carbonyl (C=O) groups excluding carboxylic acids is 2. The first-order chi connectivity index (χ1) is 19.1. The summed E-state index contributed by atoms with van der Waals surface area (Å²) in [6.07, 6.45) is 0. The molecule has 2 amide bonds. The molecular weight excluding hydrogens is 591 g/mol. The highest BCUT2D eigenvalue weighted by molar-refractivity contribution is 7.92. The normalized spacial score (nSPS) is 12.3. The van der Waals surface area contributed by atoms with E-state index >= 15 is 0 Å². The number of nitro benzene ring substituents is 1. The second-order valence-electron chi connectivity index (χ2n) is 10.3. The molecule has 0 radical (unpaired) electrons. The Balaban J connectivity index is 2.08. The Morgan fingerprint density at radius 2 is 1.63 bits per heavy atom. The Bertz CT molecular complexity index is 1540. The lowest BCUT2D eigenvalue weighted by atomic mass is 10.1. The van der Waals surface area contributed by atoms with Crippen LogP contribution in [0.5, 0.6) is 0 Å². The molecule has 3 aromatic rings. The van der Waals surface area contributed by atoms with Gasteiger partial charge in [0.1, 0.15) is 12.6 Å². The number of non-ortho nitro benzene ring substituents is 1. The maximum Gasteiger partial charge on any atom is 0.271 e. The minimum Gasteiger partial charge on any atom is -0.350 e. The van der Waals surface area contributed by atoms with Gasteiger partial charge in [0.05, 0.1) is 25.6 Å². The van der Waals surface area contributed by atoms with Gasteiger partial charge in [-0.2, -0.15) is 0 Å². The van der Waals surface area contributed by atoms with Crippen molar-refractivity contribution in [1.82, 2.24) is 10.2 Å². The SMILES string of the molecule is C[C@@H](C(=O)NC(C)(C)C)N(Cc1ccc(Cl)c(Cl)c1)C(=O)CN(c1cccc([N+](=O)[O-])c1)S(=O)(=O)c1ccccc1. The highest BCUT2D eigenvalue weighted by atomic mass is 35.5. The second kappa shape index (κ2) is 12.9. The largest absolute Gasteiger partial charge is 0.350 e. The molecule has 10 nitrogen and oxygen atoms in total. The van der Waals surface area contributed by atoms with Crippen LogP contribution in [0, 0.1) is 10.1 Å². The van der Waals surface area contributed by atoms with Gasteiger partial charge in [0.2, 0.25) is 11.8 Å². The minimum absolute atomic E-state index is 0.0855. The molecule has 0 saturated carbocycles. The van der Waals surface area contributed by atoms with Crippen LogP contribution in [0.3, 0.4) is 0 Å². The molecule has 0 aliphatic heterocycles. The number of hydrogen-bond acceptors (Lipinski definition) is 6. The van der Waals surface area contributed by atoms with E-state index in [-0.39, 0.29) is 27.8 Å². The van der Waals surface area contributed by atoms with Crippen LogP contribution in [-0.4, -0.2) is 48.2 Å². The topological polar surface area (TPSA) is 130 Å². The van der Waals surface area contributed by atoms with Gasteiger partial charge in [-0.05, 0) is 63.6 Å². The average Bonchev–Trinajstić information content (AvgIpc) is 2.91. The highest BCUT2D eigenvalue weighted by Gasteiger charge is 2.34. The fourth-order valence-corrected chi connectivity index (χ4v) is 5.65. The summed E-state index contributed by atoms with van der Waals surface area (Å²) in [6.45, 7) is 6.06. The van der Waals surface area contributed by atoms with Crippen LogP contribution in [0.25, 0.3) is 0 Å². The molecular formula is C28H30Cl2N4O6S. The molecule has 0 aliphatic rings. The molecule has 0 fully saturated rings. The van der Waals surface area contributed by atoms with Gasteiger partial charge >= 0.3 is 0 Å². The van der Waals surface area contributed by atoms with E-state index < -0.39 is 44.9 Å². The maximum atomic E-state index is 13.9. The Labute approximate surface area is 249 Å². The third-order valence-electron chi connectivity index (χ3n) is 5.94. The predicted octanol–water partition coefficient (Wildman–Crippen LogP) is 5.43. The minimum atomic E-state index is -4.36. The van der Waals surface area contributed by atoms with Gasteiger partial charge in [0.15, 0.2) is 0 Å². The Morgan fingerprint density at radius 3 is 2.22 bits per heavy atom. The van der Waals surface area contributed by atoms with Crippen LogP contribution in [0.1, 0.15) is 33.3 Å². The molecule has 1 N–H and O–H groups in total. The van der Waals surface area contributed by atoms with E-state index in [9.17, 15) is 28.1 Å². The van der Waals surface area contributed by atoms with Gasteiger partial charge < -0.3 is 10.2 Å². The van der Waals surface area contributed by atoms with Crippen molar-refractivity contribution in [2.75, 3.05) is 10.8 Å². The molecule has 1 atom stereocenters. The summed E-state index contributed by atoms with van der Waals surface area (Å²) < 4.78 is 28.4. The zero-order chi connectivity index (χ0) is 30.5. The van der Waals surface area contributed by atoms with Crippen molar-refractivity contribution < 1.29 is 22.9 Å². The number of nitro groups is 1. The van der Waals surface area contributed by atoms with Crippen LogP contribution in [-0.2, 0) is 26.2 Å². The zero-order valence-corrected chi connectivity index (χ0v) is 25.2. The number of amides is 2. The summed E-state index contributed by atoms with van der Waals surface area (Å²) in [5, 5.41) is 14.8. The lowest BCUT2D eigenvalue weighted by Crippen LogP contribution is -2.54. The molecule has 0 aromatic heterocycles. The first kappa shape index (κ1) is 31.9. The van der Waals surface area contributed by atoms with Crippen molar-refractivity contribution >= 4 is 56.4 Å². The van der Waals surface area contributed by atoms with Crippen molar-refractivity contribution in [3.63, 3.8) is 0 Å². The summed E-state index contributed by atoms with van der Waals surface area (Å²) in [6, 6.07) is 16.1. The van der Waals surface area contributed by atoms with Crippen LogP contribution in [0.15, 0.2) is 77.7 Å². The number of carbonyl (C=O) groups is 2. The van der Waals surface area contributed by atoms with Crippen LogP contribution in [0.4, 0.5) is 11.4 Å². The van der Waals surface area contributed by atoms with Crippen LogP contribution in [0.2, 0.25) is 10.0 Å². The van der Waals surface area contributed by atoms with E-state index in [1.54, 1.807) is 45.0 Å². The summed E-state index contributed by atoms with van der Waals surface area (Å²) in [5.41, 5.74) is -0.489. The predicted molar refractivity (Wildman–Crippen MR) is 158 cm³/mol.